The summed E-state index contributed by atoms with van der Waals surface area (Å²) in [7, 11) is 0. The van der Waals surface area contributed by atoms with Crippen LogP contribution in [-0.4, -0.2) is 30.5 Å². The third-order valence-electron chi connectivity index (χ3n) is 3.78. The van der Waals surface area contributed by atoms with Gasteiger partial charge in [-0.3, -0.25) is 14.9 Å². The van der Waals surface area contributed by atoms with E-state index in [-0.39, 0.29) is 24.0 Å². The van der Waals surface area contributed by atoms with E-state index in [1.165, 1.54) is 12.1 Å². The summed E-state index contributed by atoms with van der Waals surface area (Å²) in [6.45, 7) is 6.20. The Balaban J connectivity index is 0.00000220. The van der Waals surface area contributed by atoms with Crippen LogP contribution in [0.4, 0.5) is 5.69 Å². The number of non-ortho nitro benzene ring substituents is 1. The Kier molecular flexibility index (Phi) is 5.69. The van der Waals surface area contributed by atoms with E-state index in [0.29, 0.717) is 12.5 Å². The van der Waals surface area contributed by atoms with Gasteiger partial charge in [0.25, 0.3) is 5.69 Å². The molecule has 6 nitrogen and oxygen atoms in total. The highest BCUT2D eigenvalue weighted by Crippen LogP contribution is 2.25. The minimum Gasteiger partial charge on any atom is -0.355 e. The fourth-order valence-electron chi connectivity index (χ4n) is 2.08. The molecule has 0 radical (unpaired) electrons. The van der Waals surface area contributed by atoms with Crippen LogP contribution in [-0.2, 0) is 10.2 Å². The Labute approximate surface area is 129 Å². The first-order valence-corrected chi connectivity index (χ1v) is 6.65. The van der Waals surface area contributed by atoms with Crippen molar-refractivity contribution >= 4 is 24.0 Å². The summed E-state index contributed by atoms with van der Waals surface area (Å²) in [5, 5.41) is 16.7. The van der Waals surface area contributed by atoms with Crippen LogP contribution in [0.2, 0.25) is 0 Å². The summed E-state index contributed by atoms with van der Waals surface area (Å²) in [4.78, 5) is 22.5. The van der Waals surface area contributed by atoms with Crippen molar-refractivity contribution in [3.63, 3.8) is 0 Å². The van der Waals surface area contributed by atoms with Gasteiger partial charge in [0, 0.05) is 37.7 Å². The zero-order chi connectivity index (χ0) is 14.8. The summed E-state index contributed by atoms with van der Waals surface area (Å²) in [6, 6.07) is 6.14. The molecule has 0 aromatic heterocycles. The van der Waals surface area contributed by atoms with Crippen LogP contribution in [0, 0.1) is 16.0 Å². The molecular weight excluding hydrogens is 294 g/mol. The lowest BCUT2D eigenvalue weighted by Gasteiger charge is -2.30. The van der Waals surface area contributed by atoms with Crippen LogP contribution in [0.15, 0.2) is 24.3 Å². The standard InChI is InChI=1S/C14H19N3O3.ClH/c1-14(2,13(18)16-9-10-7-15-8-10)11-3-5-12(6-4-11)17(19)20;/h3-6,10,15H,7-9H2,1-2H3,(H,16,18);1H. The van der Waals surface area contributed by atoms with Crippen LogP contribution in [0.1, 0.15) is 19.4 Å². The molecule has 2 rings (SSSR count). The molecule has 2 N–H and O–H groups in total. The summed E-state index contributed by atoms with van der Waals surface area (Å²) in [6.07, 6.45) is 0. The van der Waals surface area contributed by atoms with Crippen molar-refractivity contribution in [2.45, 2.75) is 19.3 Å². The second-order valence-electron chi connectivity index (χ2n) is 5.66. The summed E-state index contributed by atoms with van der Waals surface area (Å²) in [5.41, 5.74) is 0.101. The van der Waals surface area contributed by atoms with E-state index >= 15 is 0 Å². The number of rotatable bonds is 5. The highest BCUT2D eigenvalue weighted by molar-refractivity contribution is 5.87. The normalized spacial score (nSPS) is 14.8. The van der Waals surface area contributed by atoms with E-state index in [1.807, 2.05) is 13.8 Å². The topological polar surface area (TPSA) is 84.3 Å². The van der Waals surface area contributed by atoms with Gasteiger partial charge in [-0.25, -0.2) is 0 Å². The summed E-state index contributed by atoms with van der Waals surface area (Å²) < 4.78 is 0. The number of nitro groups is 1. The predicted octanol–water partition coefficient (Wildman–Crippen LogP) is 1.63. The lowest BCUT2D eigenvalue weighted by molar-refractivity contribution is -0.384. The van der Waals surface area contributed by atoms with Gasteiger partial charge in [0.15, 0.2) is 0 Å². The van der Waals surface area contributed by atoms with Crippen molar-refractivity contribution in [2.24, 2.45) is 5.92 Å². The first-order valence-electron chi connectivity index (χ1n) is 6.65. The molecular formula is C14H20ClN3O3. The van der Waals surface area contributed by atoms with Crippen LogP contribution >= 0.6 is 12.4 Å². The maximum Gasteiger partial charge on any atom is 0.269 e. The molecule has 1 amide bonds. The van der Waals surface area contributed by atoms with Crippen molar-refractivity contribution in [1.82, 2.24) is 10.6 Å². The number of amides is 1. The molecule has 0 atom stereocenters. The number of hydrogen-bond donors (Lipinski definition) is 2. The molecule has 0 unspecified atom stereocenters. The number of hydrogen-bond acceptors (Lipinski definition) is 4. The zero-order valence-electron chi connectivity index (χ0n) is 12.1. The van der Waals surface area contributed by atoms with Crippen LogP contribution in [0.25, 0.3) is 0 Å². The number of carbonyl (C=O) groups excluding carboxylic acids is 1. The van der Waals surface area contributed by atoms with Crippen molar-refractivity contribution < 1.29 is 9.72 Å². The molecule has 1 aromatic rings. The molecule has 116 valence electrons. The monoisotopic (exact) mass is 313 g/mol. The lowest BCUT2D eigenvalue weighted by Crippen LogP contribution is -2.50. The predicted molar refractivity (Wildman–Crippen MR) is 82.7 cm³/mol. The maximum absolute atomic E-state index is 12.3. The zero-order valence-corrected chi connectivity index (χ0v) is 12.9. The fraction of sp³-hybridized carbons (Fsp3) is 0.500. The van der Waals surface area contributed by atoms with Crippen molar-refractivity contribution in [1.29, 1.82) is 0 Å². The third kappa shape index (κ3) is 3.92. The van der Waals surface area contributed by atoms with Gasteiger partial charge in [0.05, 0.1) is 10.3 Å². The van der Waals surface area contributed by atoms with Crippen LogP contribution < -0.4 is 10.6 Å². The van der Waals surface area contributed by atoms with Gasteiger partial charge in [0.2, 0.25) is 5.91 Å². The molecule has 1 saturated heterocycles. The van der Waals surface area contributed by atoms with E-state index in [1.54, 1.807) is 12.1 Å². The minimum absolute atomic E-state index is 0. The Morgan fingerprint density at radius 2 is 1.95 bits per heavy atom. The fourth-order valence-corrected chi connectivity index (χ4v) is 2.08. The first kappa shape index (κ1) is 17.4. The van der Waals surface area contributed by atoms with Gasteiger partial charge < -0.3 is 10.6 Å². The molecule has 0 saturated carbocycles. The molecule has 1 aromatic carbocycles. The van der Waals surface area contributed by atoms with Gasteiger partial charge in [-0.1, -0.05) is 12.1 Å². The van der Waals surface area contributed by atoms with E-state index in [4.69, 9.17) is 0 Å². The maximum atomic E-state index is 12.3. The van der Waals surface area contributed by atoms with Gasteiger partial charge in [-0.2, -0.15) is 0 Å². The SMILES string of the molecule is CC(C)(C(=O)NCC1CNC1)c1ccc([N+](=O)[O-])cc1.Cl. The quantitative estimate of drug-likeness (QED) is 0.639. The van der Waals surface area contributed by atoms with Gasteiger partial charge in [-0.05, 0) is 19.4 Å². The number of nitro benzene ring substituents is 1. The van der Waals surface area contributed by atoms with E-state index < -0.39 is 10.3 Å². The van der Waals surface area contributed by atoms with Crippen LogP contribution in [0.5, 0.6) is 0 Å². The number of nitrogens with one attached hydrogen (secondary N) is 2. The molecule has 1 aliphatic heterocycles. The summed E-state index contributed by atoms with van der Waals surface area (Å²) >= 11 is 0. The molecule has 0 spiro atoms. The van der Waals surface area contributed by atoms with Gasteiger partial charge in [-0.15, -0.1) is 12.4 Å². The van der Waals surface area contributed by atoms with Crippen LogP contribution in [0.3, 0.4) is 0 Å². The van der Waals surface area contributed by atoms with E-state index in [0.717, 1.165) is 18.7 Å². The molecule has 0 bridgehead atoms. The smallest absolute Gasteiger partial charge is 0.269 e. The van der Waals surface area contributed by atoms with Crippen molar-refractivity contribution in [2.75, 3.05) is 19.6 Å². The highest BCUT2D eigenvalue weighted by atomic mass is 35.5. The second kappa shape index (κ2) is 6.87. The number of nitrogens with zero attached hydrogens (tertiary/aromatic N) is 1. The molecule has 0 aliphatic carbocycles. The molecule has 1 heterocycles. The molecule has 1 fully saturated rings. The summed E-state index contributed by atoms with van der Waals surface area (Å²) in [5.74, 6) is 0.449. The number of carbonyl (C=O) groups is 1. The Morgan fingerprint density at radius 1 is 1.38 bits per heavy atom. The van der Waals surface area contributed by atoms with Gasteiger partial charge >= 0.3 is 0 Å². The minimum atomic E-state index is -0.702. The second-order valence-corrected chi connectivity index (χ2v) is 5.66. The van der Waals surface area contributed by atoms with Gasteiger partial charge in [0.1, 0.15) is 0 Å². The number of halogens is 1. The Morgan fingerprint density at radius 3 is 2.38 bits per heavy atom. The molecule has 21 heavy (non-hydrogen) atoms. The third-order valence-corrected chi connectivity index (χ3v) is 3.78. The van der Waals surface area contributed by atoms with E-state index in [9.17, 15) is 14.9 Å². The van der Waals surface area contributed by atoms with Crippen molar-refractivity contribution in [3.05, 3.63) is 39.9 Å². The Hall–Kier alpha value is -1.66. The van der Waals surface area contributed by atoms with Crippen molar-refractivity contribution in [3.8, 4) is 0 Å². The highest BCUT2D eigenvalue weighted by Gasteiger charge is 2.31. The molecule has 7 heteroatoms. The average molecular weight is 314 g/mol. The average Bonchev–Trinajstić information content (AvgIpc) is 2.36. The largest absolute Gasteiger partial charge is 0.355 e. The van der Waals surface area contributed by atoms with E-state index in [2.05, 4.69) is 10.6 Å². The lowest BCUT2D eigenvalue weighted by atomic mass is 9.83. The number of benzene rings is 1. The Bertz CT molecular complexity index is 513. The first-order chi connectivity index (χ1) is 9.41. The molecule has 1 aliphatic rings.